The zero-order chi connectivity index (χ0) is 16.9. The third-order valence-electron chi connectivity index (χ3n) is 4.91. The smallest absolute Gasteiger partial charge is 0.251 e. The Kier molecular flexibility index (Phi) is 5.25. The molecule has 3 rings (SSSR count). The maximum absolute atomic E-state index is 12.6. The number of aryl methyl sites for hydroxylation is 1. The van der Waals surface area contributed by atoms with Crippen LogP contribution in [0.15, 0.2) is 30.9 Å². The number of rotatable bonds is 5. The van der Waals surface area contributed by atoms with Gasteiger partial charge in [0.05, 0.1) is 5.69 Å². The van der Waals surface area contributed by atoms with E-state index in [1.165, 1.54) is 25.6 Å². The van der Waals surface area contributed by atoms with Gasteiger partial charge in [-0.15, -0.1) is 0 Å². The first kappa shape index (κ1) is 16.6. The van der Waals surface area contributed by atoms with Crippen LogP contribution in [-0.4, -0.2) is 33.3 Å². The minimum Gasteiger partial charge on any atom is -0.348 e. The zero-order valence-electron chi connectivity index (χ0n) is 14.1. The summed E-state index contributed by atoms with van der Waals surface area (Å²) < 4.78 is 1.70. The van der Waals surface area contributed by atoms with Gasteiger partial charge in [-0.3, -0.25) is 4.79 Å². The molecule has 6 nitrogen and oxygen atoms in total. The van der Waals surface area contributed by atoms with Crippen molar-refractivity contribution in [3.63, 3.8) is 0 Å². The molecule has 1 aromatic carbocycles. The van der Waals surface area contributed by atoms with Gasteiger partial charge in [0.2, 0.25) is 0 Å². The van der Waals surface area contributed by atoms with Crippen molar-refractivity contribution in [3.05, 3.63) is 42.0 Å². The van der Waals surface area contributed by atoms with Gasteiger partial charge in [0, 0.05) is 18.2 Å². The van der Waals surface area contributed by atoms with E-state index in [2.05, 4.69) is 15.4 Å². The summed E-state index contributed by atoms with van der Waals surface area (Å²) in [6, 6.07) is 5.68. The van der Waals surface area contributed by atoms with Crippen molar-refractivity contribution in [1.29, 1.82) is 0 Å². The van der Waals surface area contributed by atoms with Crippen molar-refractivity contribution < 1.29 is 4.79 Å². The maximum atomic E-state index is 12.6. The number of carbonyl (C=O) groups excluding carboxylic acids is 1. The Morgan fingerprint density at radius 1 is 1.38 bits per heavy atom. The largest absolute Gasteiger partial charge is 0.348 e. The molecule has 1 fully saturated rings. The summed E-state index contributed by atoms with van der Waals surface area (Å²) in [7, 11) is 0. The summed E-state index contributed by atoms with van der Waals surface area (Å²) >= 11 is 0. The third kappa shape index (κ3) is 3.64. The van der Waals surface area contributed by atoms with Crippen LogP contribution in [0.4, 0.5) is 0 Å². The zero-order valence-corrected chi connectivity index (χ0v) is 14.1. The number of aromatic nitrogens is 3. The van der Waals surface area contributed by atoms with Gasteiger partial charge in [0.25, 0.3) is 5.91 Å². The van der Waals surface area contributed by atoms with E-state index in [1.807, 2.05) is 25.1 Å². The lowest BCUT2D eigenvalue weighted by atomic mass is 9.84. The SMILES string of the molecule is Cc1cc(C(=O)NC(CN)C2CCCCC2)ccc1-n1cncn1. The van der Waals surface area contributed by atoms with Crippen LogP contribution in [0.5, 0.6) is 0 Å². The van der Waals surface area contributed by atoms with Crippen LogP contribution in [0.1, 0.15) is 48.0 Å². The summed E-state index contributed by atoms with van der Waals surface area (Å²) in [5.74, 6) is 0.451. The quantitative estimate of drug-likeness (QED) is 0.881. The minimum atomic E-state index is -0.0516. The molecule has 1 amide bonds. The Bertz CT molecular complexity index is 677. The molecule has 1 atom stereocenters. The molecular weight excluding hydrogens is 302 g/mol. The molecule has 1 unspecified atom stereocenters. The summed E-state index contributed by atoms with van der Waals surface area (Å²) in [6.07, 6.45) is 9.24. The van der Waals surface area contributed by atoms with Crippen LogP contribution in [0.25, 0.3) is 5.69 Å². The van der Waals surface area contributed by atoms with E-state index in [9.17, 15) is 4.79 Å². The van der Waals surface area contributed by atoms with E-state index in [1.54, 1.807) is 11.0 Å². The Balaban J connectivity index is 1.71. The first-order valence-corrected chi connectivity index (χ1v) is 8.65. The van der Waals surface area contributed by atoms with Gasteiger partial charge in [-0.25, -0.2) is 9.67 Å². The second kappa shape index (κ2) is 7.57. The van der Waals surface area contributed by atoms with Crippen LogP contribution in [0, 0.1) is 12.8 Å². The highest BCUT2D eigenvalue weighted by molar-refractivity contribution is 5.94. The van der Waals surface area contributed by atoms with Gasteiger partial charge in [0.1, 0.15) is 12.7 Å². The van der Waals surface area contributed by atoms with Gasteiger partial charge < -0.3 is 11.1 Å². The maximum Gasteiger partial charge on any atom is 0.251 e. The predicted molar refractivity (Wildman–Crippen MR) is 93.0 cm³/mol. The normalized spacial score (nSPS) is 16.8. The monoisotopic (exact) mass is 327 g/mol. The molecule has 1 aromatic heterocycles. The fraction of sp³-hybridized carbons (Fsp3) is 0.500. The minimum absolute atomic E-state index is 0.0516. The Hall–Kier alpha value is -2.21. The van der Waals surface area contributed by atoms with Gasteiger partial charge >= 0.3 is 0 Å². The molecule has 6 heteroatoms. The number of carbonyl (C=O) groups is 1. The Morgan fingerprint density at radius 3 is 2.79 bits per heavy atom. The van der Waals surface area contributed by atoms with Gasteiger partial charge in [0.15, 0.2) is 0 Å². The molecular formula is C18H25N5O. The van der Waals surface area contributed by atoms with E-state index in [0.717, 1.165) is 24.1 Å². The Labute approximate surface area is 142 Å². The molecule has 0 spiro atoms. The highest BCUT2D eigenvalue weighted by atomic mass is 16.1. The summed E-state index contributed by atoms with van der Waals surface area (Å²) in [5.41, 5.74) is 8.48. The molecule has 128 valence electrons. The van der Waals surface area contributed by atoms with E-state index in [4.69, 9.17) is 5.73 Å². The first-order chi connectivity index (χ1) is 11.7. The molecule has 0 bridgehead atoms. The molecule has 0 aliphatic heterocycles. The lowest BCUT2D eigenvalue weighted by Crippen LogP contribution is -2.45. The highest BCUT2D eigenvalue weighted by Crippen LogP contribution is 2.26. The highest BCUT2D eigenvalue weighted by Gasteiger charge is 2.24. The van der Waals surface area contributed by atoms with E-state index >= 15 is 0 Å². The molecule has 0 radical (unpaired) electrons. The van der Waals surface area contributed by atoms with E-state index in [0.29, 0.717) is 18.0 Å². The number of nitrogens with two attached hydrogens (primary N) is 1. The second-order valence-corrected chi connectivity index (χ2v) is 6.56. The van der Waals surface area contributed by atoms with E-state index in [-0.39, 0.29) is 11.9 Å². The average Bonchev–Trinajstić information content (AvgIpc) is 3.14. The molecule has 1 aliphatic rings. The first-order valence-electron chi connectivity index (χ1n) is 8.65. The van der Waals surface area contributed by atoms with Crippen LogP contribution in [0.3, 0.4) is 0 Å². The lowest BCUT2D eigenvalue weighted by Gasteiger charge is -2.30. The fourth-order valence-corrected chi connectivity index (χ4v) is 3.54. The van der Waals surface area contributed by atoms with Crippen molar-refractivity contribution in [2.75, 3.05) is 6.54 Å². The number of benzene rings is 1. The van der Waals surface area contributed by atoms with Crippen molar-refractivity contribution >= 4 is 5.91 Å². The van der Waals surface area contributed by atoms with Crippen LogP contribution < -0.4 is 11.1 Å². The number of hydrogen-bond acceptors (Lipinski definition) is 4. The summed E-state index contributed by atoms with van der Waals surface area (Å²) in [5, 5.41) is 7.27. The number of nitrogens with one attached hydrogen (secondary N) is 1. The van der Waals surface area contributed by atoms with Crippen LogP contribution in [0.2, 0.25) is 0 Å². The number of amides is 1. The average molecular weight is 327 g/mol. The molecule has 1 saturated carbocycles. The number of nitrogens with zero attached hydrogens (tertiary/aromatic N) is 3. The fourth-order valence-electron chi connectivity index (χ4n) is 3.54. The topological polar surface area (TPSA) is 85.8 Å². The molecule has 3 N–H and O–H groups in total. The van der Waals surface area contributed by atoms with E-state index < -0.39 is 0 Å². The summed E-state index contributed by atoms with van der Waals surface area (Å²) in [6.45, 7) is 2.46. The van der Waals surface area contributed by atoms with Crippen molar-refractivity contribution in [2.24, 2.45) is 11.7 Å². The molecule has 1 heterocycles. The standard InChI is InChI=1S/C18H25N5O/c1-13-9-15(7-8-17(13)23-12-20-11-21-23)18(24)22-16(10-19)14-5-3-2-4-6-14/h7-9,11-12,14,16H,2-6,10,19H2,1H3,(H,22,24). The summed E-state index contributed by atoms with van der Waals surface area (Å²) in [4.78, 5) is 16.6. The van der Waals surface area contributed by atoms with Gasteiger partial charge in [-0.05, 0) is 49.4 Å². The molecule has 2 aromatic rings. The number of hydrogen-bond donors (Lipinski definition) is 2. The lowest BCUT2D eigenvalue weighted by molar-refractivity contribution is 0.0915. The molecule has 0 saturated heterocycles. The van der Waals surface area contributed by atoms with Crippen molar-refractivity contribution in [3.8, 4) is 5.69 Å². The molecule has 24 heavy (non-hydrogen) atoms. The molecule has 1 aliphatic carbocycles. The van der Waals surface area contributed by atoms with Crippen LogP contribution >= 0.6 is 0 Å². The van der Waals surface area contributed by atoms with Gasteiger partial charge in [-0.2, -0.15) is 5.10 Å². The van der Waals surface area contributed by atoms with Gasteiger partial charge in [-0.1, -0.05) is 19.3 Å². The Morgan fingerprint density at radius 2 is 2.17 bits per heavy atom. The second-order valence-electron chi connectivity index (χ2n) is 6.56. The van der Waals surface area contributed by atoms with Crippen molar-refractivity contribution in [2.45, 2.75) is 45.1 Å². The van der Waals surface area contributed by atoms with Crippen LogP contribution in [-0.2, 0) is 0 Å². The van der Waals surface area contributed by atoms with Crippen molar-refractivity contribution in [1.82, 2.24) is 20.1 Å². The predicted octanol–water partition coefficient (Wildman–Crippen LogP) is 2.21. The third-order valence-corrected chi connectivity index (χ3v) is 4.91.